The lowest BCUT2D eigenvalue weighted by Gasteiger charge is -1.98. The fourth-order valence-electron chi connectivity index (χ4n) is 1.20. The SMILES string of the molecule is CCCn1cc(CCOS(C)(=O)=O)cn1. The lowest BCUT2D eigenvalue weighted by atomic mass is 10.3. The minimum atomic E-state index is -3.32. The van der Waals surface area contributed by atoms with Crippen molar-refractivity contribution in [3.8, 4) is 0 Å². The first-order valence-corrected chi connectivity index (χ1v) is 6.68. The molecule has 15 heavy (non-hydrogen) atoms. The molecule has 0 amide bonds. The van der Waals surface area contributed by atoms with Crippen molar-refractivity contribution in [3.63, 3.8) is 0 Å². The molecule has 0 spiro atoms. The highest BCUT2D eigenvalue weighted by atomic mass is 32.2. The second-order valence-corrected chi connectivity index (χ2v) is 5.03. The van der Waals surface area contributed by atoms with Gasteiger partial charge in [-0.15, -0.1) is 0 Å². The highest BCUT2D eigenvalue weighted by molar-refractivity contribution is 7.85. The molecule has 0 saturated heterocycles. The minimum Gasteiger partial charge on any atom is -0.272 e. The lowest BCUT2D eigenvalue weighted by Crippen LogP contribution is -2.05. The Bertz CT molecular complexity index is 397. The third-order valence-electron chi connectivity index (χ3n) is 1.83. The summed E-state index contributed by atoms with van der Waals surface area (Å²) in [4.78, 5) is 0. The van der Waals surface area contributed by atoms with E-state index in [0.717, 1.165) is 24.8 Å². The Balaban J connectivity index is 2.38. The molecule has 0 aliphatic heterocycles. The summed E-state index contributed by atoms with van der Waals surface area (Å²) in [7, 11) is -3.32. The molecule has 1 heterocycles. The largest absolute Gasteiger partial charge is 0.272 e. The van der Waals surface area contributed by atoms with E-state index in [2.05, 4.69) is 16.2 Å². The number of hydrogen-bond donors (Lipinski definition) is 0. The van der Waals surface area contributed by atoms with Crippen molar-refractivity contribution in [2.75, 3.05) is 12.9 Å². The van der Waals surface area contributed by atoms with Gasteiger partial charge in [0.25, 0.3) is 10.1 Å². The molecule has 5 nitrogen and oxygen atoms in total. The first kappa shape index (κ1) is 12.2. The van der Waals surface area contributed by atoms with Crippen LogP contribution in [0.3, 0.4) is 0 Å². The summed E-state index contributed by atoms with van der Waals surface area (Å²) in [6.07, 6.45) is 6.29. The van der Waals surface area contributed by atoms with Gasteiger partial charge >= 0.3 is 0 Å². The van der Waals surface area contributed by atoms with Crippen LogP contribution >= 0.6 is 0 Å². The lowest BCUT2D eigenvalue weighted by molar-refractivity contribution is 0.326. The first-order chi connectivity index (χ1) is 7.01. The van der Waals surface area contributed by atoms with Crippen LogP contribution in [0.15, 0.2) is 12.4 Å². The molecule has 0 atom stereocenters. The molecule has 1 aromatic rings. The summed E-state index contributed by atoms with van der Waals surface area (Å²) in [5.41, 5.74) is 0.993. The zero-order chi connectivity index (χ0) is 11.3. The van der Waals surface area contributed by atoms with E-state index in [4.69, 9.17) is 0 Å². The summed E-state index contributed by atoms with van der Waals surface area (Å²) >= 11 is 0. The van der Waals surface area contributed by atoms with E-state index in [0.29, 0.717) is 6.42 Å². The van der Waals surface area contributed by atoms with Crippen molar-refractivity contribution in [1.82, 2.24) is 9.78 Å². The van der Waals surface area contributed by atoms with Crippen LogP contribution in [0.5, 0.6) is 0 Å². The van der Waals surface area contributed by atoms with Gasteiger partial charge in [-0.05, 0) is 12.0 Å². The highest BCUT2D eigenvalue weighted by Crippen LogP contribution is 2.01. The van der Waals surface area contributed by atoms with Gasteiger partial charge in [0, 0.05) is 19.2 Å². The topological polar surface area (TPSA) is 61.2 Å². The molecule has 0 N–H and O–H groups in total. The summed E-state index contributed by atoms with van der Waals surface area (Å²) in [6.45, 7) is 3.14. The average molecular weight is 232 g/mol. The van der Waals surface area contributed by atoms with Gasteiger partial charge in [0.2, 0.25) is 0 Å². The summed E-state index contributed by atoms with van der Waals surface area (Å²) in [6, 6.07) is 0. The fourth-order valence-corrected chi connectivity index (χ4v) is 1.58. The minimum absolute atomic E-state index is 0.177. The zero-order valence-corrected chi connectivity index (χ0v) is 9.83. The molecule has 1 aromatic heterocycles. The van der Waals surface area contributed by atoms with E-state index in [9.17, 15) is 8.42 Å². The maximum Gasteiger partial charge on any atom is 0.264 e. The van der Waals surface area contributed by atoms with Crippen molar-refractivity contribution >= 4 is 10.1 Å². The van der Waals surface area contributed by atoms with Gasteiger partial charge in [0.15, 0.2) is 0 Å². The van der Waals surface area contributed by atoms with Gasteiger partial charge < -0.3 is 0 Å². The molecule has 0 unspecified atom stereocenters. The van der Waals surface area contributed by atoms with E-state index in [1.807, 2.05) is 10.9 Å². The molecule has 0 saturated carbocycles. The molecule has 0 radical (unpaired) electrons. The smallest absolute Gasteiger partial charge is 0.264 e. The Morgan fingerprint density at radius 1 is 1.53 bits per heavy atom. The summed E-state index contributed by atoms with van der Waals surface area (Å²) < 4.78 is 27.9. The van der Waals surface area contributed by atoms with E-state index in [1.165, 1.54) is 0 Å². The van der Waals surface area contributed by atoms with Crippen molar-refractivity contribution in [2.45, 2.75) is 26.3 Å². The molecule has 6 heteroatoms. The molecule has 0 aliphatic rings. The quantitative estimate of drug-likeness (QED) is 0.681. The van der Waals surface area contributed by atoms with Gasteiger partial charge in [-0.1, -0.05) is 6.92 Å². The molecule has 86 valence electrons. The van der Waals surface area contributed by atoms with Crippen LogP contribution in [0.4, 0.5) is 0 Å². The van der Waals surface area contributed by atoms with Gasteiger partial charge in [0.05, 0.1) is 19.1 Å². The number of rotatable bonds is 6. The Morgan fingerprint density at radius 2 is 2.27 bits per heavy atom. The normalized spacial score (nSPS) is 11.9. The molecular formula is C9H16N2O3S. The fraction of sp³-hybridized carbons (Fsp3) is 0.667. The Kier molecular flexibility index (Phi) is 4.28. The second-order valence-electron chi connectivity index (χ2n) is 3.39. The predicted molar refractivity (Wildman–Crippen MR) is 57.0 cm³/mol. The van der Waals surface area contributed by atoms with Crippen LogP contribution in [0, 0.1) is 0 Å². The Labute approximate surface area is 90.2 Å². The standard InChI is InChI=1S/C9H16N2O3S/c1-3-5-11-8-9(7-10-11)4-6-14-15(2,12)13/h7-8H,3-6H2,1-2H3. The van der Waals surface area contributed by atoms with Crippen molar-refractivity contribution in [2.24, 2.45) is 0 Å². The van der Waals surface area contributed by atoms with E-state index < -0.39 is 10.1 Å². The monoisotopic (exact) mass is 232 g/mol. The van der Waals surface area contributed by atoms with E-state index >= 15 is 0 Å². The Morgan fingerprint density at radius 3 is 2.87 bits per heavy atom. The van der Waals surface area contributed by atoms with Crippen LogP contribution in [-0.2, 0) is 27.3 Å². The average Bonchev–Trinajstić information content (AvgIpc) is 2.51. The number of nitrogens with zero attached hydrogens (tertiary/aromatic N) is 2. The third kappa shape index (κ3) is 4.94. The molecule has 0 bridgehead atoms. The van der Waals surface area contributed by atoms with Gasteiger partial charge in [-0.3, -0.25) is 8.86 Å². The maximum atomic E-state index is 10.7. The van der Waals surface area contributed by atoms with Crippen LogP contribution in [-0.4, -0.2) is 31.1 Å². The molecule has 0 fully saturated rings. The van der Waals surface area contributed by atoms with Crippen molar-refractivity contribution in [1.29, 1.82) is 0 Å². The van der Waals surface area contributed by atoms with Crippen LogP contribution < -0.4 is 0 Å². The molecular weight excluding hydrogens is 216 g/mol. The number of aryl methyl sites for hydroxylation is 1. The van der Waals surface area contributed by atoms with Crippen LogP contribution in [0.1, 0.15) is 18.9 Å². The van der Waals surface area contributed by atoms with Gasteiger partial charge in [0.1, 0.15) is 0 Å². The molecule has 0 aliphatic carbocycles. The molecule has 0 aromatic carbocycles. The number of aromatic nitrogens is 2. The highest BCUT2D eigenvalue weighted by Gasteiger charge is 2.03. The van der Waals surface area contributed by atoms with Gasteiger partial charge in [-0.25, -0.2) is 0 Å². The third-order valence-corrected chi connectivity index (χ3v) is 2.42. The van der Waals surface area contributed by atoms with Crippen LogP contribution in [0.25, 0.3) is 0 Å². The van der Waals surface area contributed by atoms with Crippen LogP contribution in [0.2, 0.25) is 0 Å². The first-order valence-electron chi connectivity index (χ1n) is 4.87. The van der Waals surface area contributed by atoms with E-state index in [-0.39, 0.29) is 6.61 Å². The van der Waals surface area contributed by atoms with Gasteiger partial charge in [-0.2, -0.15) is 13.5 Å². The molecule has 1 rings (SSSR count). The predicted octanol–water partition coefficient (Wildman–Crippen LogP) is 0.812. The zero-order valence-electron chi connectivity index (χ0n) is 9.01. The second kappa shape index (κ2) is 5.27. The van der Waals surface area contributed by atoms with E-state index in [1.54, 1.807) is 6.20 Å². The maximum absolute atomic E-state index is 10.7. The van der Waals surface area contributed by atoms with Crippen molar-refractivity contribution < 1.29 is 12.6 Å². The Hall–Kier alpha value is -0.880. The number of hydrogen-bond acceptors (Lipinski definition) is 4. The van der Waals surface area contributed by atoms with Crippen molar-refractivity contribution in [3.05, 3.63) is 18.0 Å². The summed E-state index contributed by atoms with van der Waals surface area (Å²) in [5, 5.41) is 4.13. The summed E-state index contributed by atoms with van der Waals surface area (Å²) in [5.74, 6) is 0.